The third kappa shape index (κ3) is 5.90. The van der Waals surface area contributed by atoms with Gasteiger partial charge in [-0.3, -0.25) is 4.90 Å². The Morgan fingerprint density at radius 3 is 2.62 bits per heavy atom. The number of rotatable bonds is 6. The van der Waals surface area contributed by atoms with Gasteiger partial charge in [0.2, 0.25) is 0 Å². The summed E-state index contributed by atoms with van der Waals surface area (Å²) in [6.07, 6.45) is 2.39. The first kappa shape index (κ1) is 19.5. The van der Waals surface area contributed by atoms with Gasteiger partial charge in [0.25, 0.3) is 0 Å². The number of carbonyl (C=O) groups excluding carboxylic acids is 1. The molecule has 2 saturated heterocycles. The molecule has 2 fully saturated rings. The van der Waals surface area contributed by atoms with Gasteiger partial charge in [0.05, 0.1) is 5.60 Å². The molecule has 0 bridgehead atoms. The van der Waals surface area contributed by atoms with Gasteiger partial charge in [-0.25, -0.2) is 4.79 Å². The van der Waals surface area contributed by atoms with Gasteiger partial charge in [-0.2, -0.15) is 0 Å². The summed E-state index contributed by atoms with van der Waals surface area (Å²) in [5.41, 5.74) is -0.689. The molecule has 0 aromatic heterocycles. The molecular formula is C18H36N4O2. The van der Waals surface area contributed by atoms with E-state index in [4.69, 9.17) is 0 Å². The maximum Gasteiger partial charge on any atom is 0.317 e. The van der Waals surface area contributed by atoms with Crippen LogP contribution < -0.4 is 5.32 Å². The summed E-state index contributed by atoms with van der Waals surface area (Å²) in [5.74, 6) is 0.592. The van der Waals surface area contributed by atoms with Crippen molar-refractivity contribution in [3.8, 4) is 0 Å². The second kappa shape index (κ2) is 8.50. The van der Waals surface area contributed by atoms with Crippen molar-refractivity contribution in [1.82, 2.24) is 20.0 Å². The maximum atomic E-state index is 12.4. The van der Waals surface area contributed by atoms with Crippen molar-refractivity contribution in [3.63, 3.8) is 0 Å². The topological polar surface area (TPSA) is 59.1 Å². The fourth-order valence-electron chi connectivity index (χ4n) is 3.85. The molecule has 2 rings (SSSR count). The Morgan fingerprint density at radius 1 is 1.25 bits per heavy atom. The molecule has 0 saturated carbocycles. The normalized spacial score (nSPS) is 26.8. The Kier molecular flexibility index (Phi) is 6.89. The van der Waals surface area contributed by atoms with E-state index in [0.29, 0.717) is 12.5 Å². The summed E-state index contributed by atoms with van der Waals surface area (Å²) in [6.45, 7) is 15.2. The smallest absolute Gasteiger partial charge is 0.317 e. The number of carbonyl (C=O) groups is 1. The minimum Gasteiger partial charge on any atom is -0.389 e. The minimum atomic E-state index is -0.689. The van der Waals surface area contributed by atoms with Crippen LogP contribution in [0.25, 0.3) is 0 Å². The predicted octanol–water partition coefficient (Wildman–Crippen LogP) is 1.20. The lowest BCUT2D eigenvalue weighted by Crippen LogP contribution is -2.58. The molecule has 2 aliphatic heterocycles. The number of piperazine rings is 1. The van der Waals surface area contributed by atoms with E-state index >= 15 is 0 Å². The monoisotopic (exact) mass is 340 g/mol. The Balaban J connectivity index is 1.71. The molecule has 140 valence electrons. The number of likely N-dealkylation sites (tertiary alicyclic amines) is 1. The highest BCUT2D eigenvalue weighted by Gasteiger charge is 2.30. The second-order valence-electron chi connectivity index (χ2n) is 8.22. The van der Waals surface area contributed by atoms with E-state index in [9.17, 15) is 9.90 Å². The standard InChI is InChI=1S/C18H36N4O2/c1-5-7-20-8-6-16(13-20)11-19-17(23)21-9-10-22(15(2)12-21)14-18(3,4)24/h15-16,24H,5-14H2,1-4H3,(H,19,23)/t15-,16+/m1/s1. The molecule has 2 amide bonds. The first-order valence-electron chi connectivity index (χ1n) is 9.50. The van der Waals surface area contributed by atoms with Crippen LogP contribution in [0.2, 0.25) is 0 Å². The summed E-state index contributed by atoms with van der Waals surface area (Å²) in [5, 5.41) is 13.1. The van der Waals surface area contributed by atoms with Crippen molar-refractivity contribution in [2.75, 3.05) is 52.4 Å². The molecule has 0 aliphatic carbocycles. The van der Waals surface area contributed by atoms with Gasteiger partial charge in [-0.15, -0.1) is 0 Å². The highest BCUT2D eigenvalue weighted by molar-refractivity contribution is 5.74. The molecule has 2 atom stereocenters. The Bertz CT molecular complexity index is 410. The van der Waals surface area contributed by atoms with Gasteiger partial charge in [0.15, 0.2) is 0 Å². The largest absolute Gasteiger partial charge is 0.389 e. The number of hydrogen-bond acceptors (Lipinski definition) is 4. The molecule has 0 radical (unpaired) electrons. The maximum absolute atomic E-state index is 12.4. The highest BCUT2D eigenvalue weighted by Crippen LogP contribution is 2.16. The summed E-state index contributed by atoms with van der Waals surface area (Å²) in [4.78, 5) is 19.1. The van der Waals surface area contributed by atoms with Crippen LogP contribution in [-0.2, 0) is 0 Å². The molecular weight excluding hydrogens is 304 g/mol. The molecule has 6 heteroatoms. The summed E-state index contributed by atoms with van der Waals surface area (Å²) >= 11 is 0. The minimum absolute atomic E-state index is 0.0682. The molecule has 2 heterocycles. The molecule has 2 N–H and O–H groups in total. The van der Waals surface area contributed by atoms with Crippen LogP contribution in [0, 0.1) is 5.92 Å². The van der Waals surface area contributed by atoms with Crippen LogP contribution in [0.4, 0.5) is 4.79 Å². The Morgan fingerprint density at radius 2 is 2.00 bits per heavy atom. The van der Waals surface area contributed by atoms with E-state index in [-0.39, 0.29) is 12.1 Å². The predicted molar refractivity (Wildman–Crippen MR) is 97.1 cm³/mol. The van der Waals surface area contributed by atoms with Gasteiger partial charge in [0, 0.05) is 45.3 Å². The average Bonchev–Trinajstić information content (AvgIpc) is 2.93. The van der Waals surface area contributed by atoms with Crippen molar-refractivity contribution in [2.24, 2.45) is 5.92 Å². The fraction of sp³-hybridized carbons (Fsp3) is 0.944. The lowest BCUT2D eigenvalue weighted by molar-refractivity contribution is 0.00289. The summed E-state index contributed by atoms with van der Waals surface area (Å²) in [7, 11) is 0. The van der Waals surface area contributed by atoms with E-state index in [1.807, 2.05) is 18.7 Å². The van der Waals surface area contributed by atoms with E-state index in [0.717, 1.165) is 32.7 Å². The van der Waals surface area contributed by atoms with E-state index in [2.05, 4.69) is 29.0 Å². The van der Waals surface area contributed by atoms with Crippen LogP contribution in [0.5, 0.6) is 0 Å². The first-order valence-corrected chi connectivity index (χ1v) is 9.50. The zero-order valence-electron chi connectivity index (χ0n) is 15.9. The van der Waals surface area contributed by atoms with Crippen molar-refractivity contribution in [3.05, 3.63) is 0 Å². The van der Waals surface area contributed by atoms with Gasteiger partial charge in [-0.05, 0) is 52.6 Å². The van der Waals surface area contributed by atoms with Crippen molar-refractivity contribution in [2.45, 2.75) is 52.2 Å². The van der Waals surface area contributed by atoms with Gasteiger partial charge in [-0.1, -0.05) is 6.92 Å². The molecule has 0 aromatic rings. The first-order chi connectivity index (χ1) is 11.3. The van der Waals surface area contributed by atoms with Crippen molar-refractivity contribution >= 4 is 6.03 Å². The van der Waals surface area contributed by atoms with Crippen LogP contribution in [-0.4, -0.2) is 89.8 Å². The van der Waals surface area contributed by atoms with Crippen LogP contribution in [0.1, 0.15) is 40.5 Å². The molecule has 2 aliphatic rings. The SMILES string of the molecule is CCCN1CC[C@@H](CNC(=O)N2CCN(CC(C)(C)O)[C@H](C)C2)C1. The molecule has 24 heavy (non-hydrogen) atoms. The number of aliphatic hydroxyl groups is 1. The molecule has 0 aromatic carbocycles. The van der Waals surface area contributed by atoms with Crippen molar-refractivity contribution < 1.29 is 9.90 Å². The lowest BCUT2D eigenvalue weighted by atomic mass is 10.1. The quantitative estimate of drug-likeness (QED) is 0.763. The fourth-order valence-corrected chi connectivity index (χ4v) is 3.85. The molecule has 0 spiro atoms. The summed E-state index contributed by atoms with van der Waals surface area (Å²) < 4.78 is 0. The average molecular weight is 341 g/mol. The molecule has 6 nitrogen and oxygen atoms in total. The molecule has 0 unspecified atom stereocenters. The van der Waals surface area contributed by atoms with Gasteiger partial charge >= 0.3 is 6.03 Å². The number of nitrogens with zero attached hydrogens (tertiary/aromatic N) is 3. The second-order valence-corrected chi connectivity index (χ2v) is 8.22. The van der Waals surface area contributed by atoms with Crippen LogP contribution in [0.15, 0.2) is 0 Å². The zero-order chi connectivity index (χ0) is 17.7. The lowest BCUT2D eigenvalue weighted by Gasteiger charge is -2.42. The zero-order valence-corrected chi connectivity index (χ0v) is 15.9. The van der Waals surface area contributed by atoms with Crippen molar-refractivity contribution in [1.29, 1.82) is 0 Å². The number of β-amino-alcohol motifs (C(OH)–C–C–N with tert-alkyl or cyclic N) is 1. The van der Waals surface area contributed by atoms with E-state index < -0.39 is 5.60 Å². The Labute approximate surface area is 147 Å². The number of amides is 2. The van der Waals surface area contributed by atoms with Gasteiger partial charge < -0.3 is 20.2 Å². The van der Waals surface area contributed by atoms with E-state index in [1.165, 1.54) is 25.9 Å². The highest BCUT2D eigenvalue weighted by atomic mass is 16.3. The van der Waals surface area contributed by atoms with Crippen LogP contribution >= 0.6 is 0 Å². The van der Waals surface area contributed by atoms with E-state index in [1.54, 1.807) is 0 Å². The number of nitrogens with one attached hydrogen (secondary N) is 1. The third-order valence-electron chi connectivity index (χ3n) is 5.09. The third-order valence-corrected chi connectivity index (χ3v) is 5.09. The Hall–Kier alpha value is -0.850. The summed E-state index contributed by atoms with van der Waals surface area (Å²) in [6, 6.07) is 0.348. The number of urea groups is 1. The van der Waals surface area contributed by atoms with Crippen LogP contribution in [0.3, 0.4) is 0 Å². The van der Waals surface area contributed by atoms with Gasteiger partial charge in [0.1, 0.15) is 0 Å². The number of hydrogen-bond donors (Lipinski definition) is 2.